The van der Waals surface area contributed by atoms with Gasteiger partial charge in [0.1, 0.15) is 0 Å². The van der Waals surface area contributed by atoms with Crippen LogP contribution in [0.5, 0.6) is 0 Å². The Morgan fingerprint density at radius 3 is 2.52 bits per heavy atom. The molecule has 0 saturated carbocycles. The van der Waals surface area contributed by atoms with Gasteiger partial charge in [0, 0.05) is 34.4 Å². The molecule has 2 aromatic carbocycles. The SMILES string of the molecule is Cc1c(Cl)cccc1NCCC(=O)Nc1ccc(Cl)cc1. The molecular formula is C16H16Cl2N2O. The Labute approximate surface area is 134 Å². The summed E-state index contributed by atoms with van der Waals surface area (Å²) >= 11 is 11.8. The third-order valence-electron chi connectivity index (χ3n) is 3.06. The topological polar surface area (TPSA) is 41.1 Å². The summed E-state index contributed by atoms with van der Waals surface area (Å²) in [6, 6.07) is 12.7. The van der Waals surface area contributed by atoms with E-state index >= 15 is 0 Å². The van der Waals surface area contributed by atoms with Crippen LogP contribution in [0, 0.1) is 6.92 Å². The molecule has 3 nitrogen and oxygen atoms in total. The van der Waals surface area contributed by atoms with E-state index in [9.17, 15) is 4.79 Å². The van der Waals surface area contributed by atoms with Crippen molar-refractivity contribution in [2.24, 2.45) is 0 Å². The highest BCUT2D eigenvalue weighted by Crippen LogP contribution is 2.22. The maximum absolute atomic E-state index is 11.8. The van der Waals surface area contributed by atoms with Gasteiger partial charge in [0.2, 0.25) is 5.91 Å². The van der Waals surface area contributed by atoms with Crippen molar-refractivity contribution in [3.05, 3.63) is 58.1 Å². The summed E-state index contributed by atoms with van der Waals surface area (Å²) in [5.74, 6) is -0.0514. The van der Waals surface area contributed by atoms with E-state index in [1.807, 2.05) is 25.1 Å². The molecule has 0 aliphatic carbocycles. The predicted molar refractivity (Wildman–Crippen MR) is 89.4 cm³/mol. The van der Waals surface area contributed by atoms with Crippen molar-refractivity contribution < 1.29 is 4.79 Å². The summed E-state index contributed by atoms with van der Waals surface area (Å²) in [5.41, 5.74) is 2.67. The lowest BCUT2D eigenvalue weighted by molar-refractivity contribution is -0.115. The summed E-state index contributed by atoms with van der Waals surface area (Å²) in [5, 5.41) is 7.39. The lowest BCUT2D eigenvalue weighted by Gasteiger charge is -2.10. The van der Waals surface area contributed by atoms with E-state index in [1.54, 1.807) is 24.3 Å². The Morgan fingerprint density at radius 2 is 1.81 bits per heavy atom. The smallest absolute Gasteiger partial charge is 0.226 e. The summed E-state index contributed by atoms with van der Waals surface area (Å²) < 4.78 is 0. The monoisotopic (exact) mass is 322 g/mol. The van der Waals surface area contributed by atoms with Gasteiger partial charge in [-0.15, -0.1) is 0 Å². The fourth-order valence-corrected chi connectivity index (χ4v) is 2.17. The maximum atomic E-state index is 11.8. The molecule has 0 aliphatic rings. The van der Waals surface area contributed by atoms with E-state index in [2.05, 4.69) is 10.6 Å². The van der Waals surface area contributed by atoms with Crippen molar-refractivity contribution in [2.45, 2.75) is 13.3 Å². The maximum Gasteiger partial charge on any atom is 0.226 e. The molecule has 0 aliphatic heterocycles. The van der Waals surface area contributed by atoms with Crippen LogP contribution in [0.4, 0.5) is 11.4 Å². The van der Waals surface area contributed by atoms with E-state index in [1.165, 1.54) is 0 Å². The zero-order valence-electron chi connectivity index (χ0n) is 11.6. The van der Waals surface area contributed by atoms with Crippen LogP contribution in [0.1, 0.15) is 12.0 Å². The first-order valence-corrected chi connectivity index (χ1v) is 7.36. The highest BCUT2D eigenvalue weighted by molar-refractivity contribution is 6.31. The van der Waals surface area contributed by atoms with Gasteiger partial charge in [-0.25, -0.2) is 0 Å². The van der Waals surface area contributed by atoms with Crippen LogP contribution in [-0.2, 0) is 4.79 Å². The first-order chi connectivity index (χ1) is 10.1. The summed E-state index contributed by atoms with van der Waals surface area (Å²) in [6.45, 7) is 2.49. The van der Waals surface area contributed by atoms with Crippen molar-refractivity contribution in [3.63, 3.8) is 0 Å². The number of nitrogens with one attached hydrogen (secondary N) is 2. The Balaban J connectivity index is 1.81. The highest BCUT2D eigenvalue weighted by Gasteiger charge is 2.04. The average molecular weight is 323 g/mol. The number of halogens is 2. The van der Waals surface area contributed by atoms with Crippen molar-refractivity contribution in [1.82, 2.24) is 0 Å². The van der Waals surface area contributed by atoms with Gasteiger partial charge >= 0.3 is 0 Å². The zero-order chi connectivity index (χ0) is 15.2. The molecule has 2 aromatic rings. The van der Waals surface area contributed by atoms with Crippen LogP contribution in [0.3, 0.4) is 0 Å². The first kappa shape index (κ1) is 15.7. The average Bonchev–Trinajstić information content (AvgIpc) is 2.46. The number of benzene rings is 2. The van der Waals surface area contributed by atoms with Gasteiger partial charge in [-0.1, -0.05) is 29.3 Å². The Kier molecular flexibility index (Phi) is 5.48. The number of hydrogen-bond acceptors (Lipinski definition) is 2. The van der Waals surface area contributed by atoms with E-state index < -0.39 is 0 Å². The molecule has 2 rings (SSSR count). The molecule has 0 bridgehead atoms. The molecule has 2 N–H and O–H groups in total. The fraction of sp³-hybridized carbons (Fsp3) is 0.188. The normalized spacial score (nSPS) is 10.2. The second-order valence-electron chi connectivity index (χ2n) is 4.64. The second kappa shape index (κ2) is 7.34. The van der Waals surface area contributed by atoms with Crippen molar-refractivity contribution in [3.8, 4) is 0 Å². The lowest BCUT2D eigenvalue weighted by Crippen LogP contribution is -2.16. The fourth-order valence-electron chi connectivity index (χ4n) is 1.87. The third kappa shape index (κ3) is 4.66. The van der Waals surface area contributed by atoms with Gasteiger partial charge in [-0.05, 0) is 48.9 Å². The van der Waals surface area contributed by atoms with Crippen LogP contribution in [0.15, 0.2) is 42.5 Å². The van der Waals surface area contributed by atoms with Gasteiger partial charge in [0.25, 0.3) is 0 Å². The second-order valence-corrected chi connectivity index (χ2v) is 5.49. The van der Waals surface area contributed by atoms with E-state index in [0.29, 0.717) is 23.0 Å². The number of carbonyl (C=O) groups is 1. The molecule has 110 valence electrons. The van der Waals surface area contributed by atoms with E-state index in [4.69, 9.17) is 23.2 Å². The molecule has 0 unspecified atom stereocenters. The quantitative estimate of drug-likeness (QED) is 0.834. The molecule has 0 aromatic heterocycles. The first-order valence-electron chi connectivity index (χ1n) is 6.60. The van der Waals surface area contributed by atoms with Crippen LogP contribution in [0.2, 0.25) is 10.0 Å². The summed E-state index contributed by atoms with van der Waals surface area (Å²) in [6.07, 6.45) is 0.370. The Hall–Kier alpha value is -1.71. The molecule has 21 heavy (non-hydrogen) atoms. The van der Waals surface area contributed by atoms with Crippen molar-refractivity contribution >= 4 is 40.5 Å². The van der Waals surface area contributed by atoms with Crippen LogP contribution < -0.4 is 10.6 Å². The highest BCUT2D eigenvalue weighted by atomic mass is 35.5. The number of anilines is 2. The molecule has 0 heterocycles. The van der Waals surface area contributed by atoms with Crippen LogP contribution in [0.25, 0.3) is 0 Å². The van der Waals surface area contributed by atoms with Gasteiger partial charge in [0.15, 0.2) is 0 Å². The molecule has 0 fully saturated rings. The third-order valence-corrected chi connectivity index (χ3v) is 3.72. The number of hydrogen-bond donors (Lipinski definition) is 2. The van der Waals surface area contributed by atoms with E-state index in [0.717, 1.165) is 16.9 Å². The minimum Gasteiger partial charge on any atom is -0.384 e. The number of rotatable bonds is 5. The van der Waals surface area contributed by atoms with Gasteiger partial charge < -0.3 is 10.6 Å². The van der Waals surface area contributed by atoms with Crippen LogP contribution >= 0.6 is 23.2 Å². The molecular weight excluding hydrogens is 307 g/mol. The minimum absolute atomic E-state index is 0.0514. The minimum atomic E-state index is -0.0514. The largest absolute Gasteiger partial charge is 0.384 e. The summed E-state index contributed by atoms with van der Waals surface area (Å²) in [4.78, 5) is 11.8. The van der Waals surface area contributed by atoms with E-state index in [-0.39, 0.29) is 5.91 Å². The predicted octanol–water partition coefficient (Wildman–Crippen LogP) is 4.74. The molecule has 1 amide bonds. The molecule has 0 saturated heterocycles. The van der Waals surface area contributed by atoms with Crippen LogP contribution in [-0.4, -0.2) is 12.5 Å². The Morgan fingerprint density at radius 1 is 1.10 bits per heavy atom. The number of amides is 1. The summed E-state index contributed by atoms with van der Waals surface area (Å²) in [7, 11) is 0. The van der Waals surface area contributed by atoms with Gasteiger partial charge in [-0.3, -0.25) is 4.79 Å². The van der Waals surface area contributed by atoms with Gasteiger partial charge in [0.05, 0.1) is 0 Å². The van der Waals surface area contributed by atoms with Crippen molar-refractivity contribution in [1.29, 1.82) is 0 Å². The lowest BCUT2D eigenvalue weighted by atomic mass is 10.2. The van der Waals surface area contributed by atoms with Crippen molar-refractivity contribution in [2.75, 3.05) is 17.2 Å². The Bertz CT molecular complexity index is 627. The standard InChI is InChI=1S/C16H16Cl2N2O/c1-11-14(18)3-2-4-15(11)19-10-9-16(21)20-13-7-5-12(17)6-8-13/h2-8,19H,9-10H2,1H3,(H,20,21). The number of carbonyl (C=O) groups excluding carboxylic acids is 1. The van der Waals surface area contributed by atoms with Gasteiger partial charge in [-0.2, -0.15) is 0 Å². The zero-order valence-corrected chi connectivity index (χ0v) is 13.1. The molecule has 0 atom stereocenters. The molecule has 0 spiro atoms. The molecule has 0 radical (unpaired) electrons. The molecule has 5 heteroatoms.